The average Bonchev–Trinajstić information content (AvgIpc) is 3.20. The van der Waals surface area contributed by atoms with Crippen molar-refractivity contribution < 1.29 is 14.3 Å². The Labute approximate surface area is 167 Å². The number of hydrogen-bond donors (Lipinski definition) is 2. The van der Waals surface area contributed by atoms with E-state index in [1.54, 1.807) is 6.07 Å². The van der Waals surface area contributed by atoms with Gasteiger partial charge in [0.1, 0.15) is 5.69 Å². The van der Waals surface area contributed by atoms with E-state index in [1.807, 2.05) is 60.7 Å². The standard InChI is InChI=1S/C23H19N3O3/c27-18-12-7-15-24-23(18)25-19(28)13-14-20-26-21(16-8-3-1-4-9-16)22(29-20)17-10-5-2-6-11-17/h1-12,15,27H,13-14H2,(H,24,25,28). The number of benzene rings is 2. The minimum absolute atomic E-state index is 0.0744. The highest BCUT2D eigenvalue weighted by molar-refractivity contribution is 5.91. The quantitative estimate of drug-likeness (QED) is 0.503. The lowest BCUT2D eigenvalue weighted by atomic mass is 10.1. The largest absolute Gasteiger partial charge is 0.504 e. The predicted molar refractivity (Wildman–Crippen MR) is 110 cm³/mol. The third-order valence-electron chi connectivity index (χ3n) is 4.36. The number of rotatable bonds is 6. The molecule has 2 aromatic heterocycles. The second kappa shape index (κ2) is 8.39. The third-order valence-corrected chi connectivity index (χ3v) is 4.36. The van der Waals surface area contributed by atoms with Gasteiger partial charge in [-0.15, -0.1) is 0 Å². The van der Waals surface area contributed by atoms with Crippen LogP contribution < -0.4 is 5.32 Å². The summed E-state index contributed by atoms with van der Waals surface area (Å²) in [7, 11) is 0. The van der Waals surface area contributed by atoms with Crippen LogP contribution in [0.2, 0.25) is 0 Å². The Hall–Kier alpha value is -3.93. The van der Waals surface area contributed by atoms with Gasteiger partial charge in [-0.3, -0.25) is 4.79 Å². The molecule has 4 rings (SSSR count). The number of amides is 1. The van der Waals surface area contributed by atoms with Gasteiger partial charge in [0.25, 0.3) is 0 Å². The number of carbonyl (C=O) groups excluding carboxylic acids is 1. The number of nitrogens with one attached hydrogen (secondary N) is 1. The molecule has 0 bridgehead atoms. The number of pyridine rings is 1. The Morgan fingerprint density at radius 3 is 2.31 bits per heavy atom. The van der Waals surface area contributed by atoms with Crippen LogP contribution in [-0.4, -0.2) is 21.0 Å². The lowest BCUT2D eigenvalue weighted by Gasteiger charge is -2.04. The van der Waals surface area contributed by atoms with Crippen LogP contribution >= 0.6 is 0 Å². The molecule has 2 aromatic carbocycles. The molecule has 0 unspecified atom stereocenters. The SMILES string of the molecule is O=C(CCc1nc(-c2ccccc2)c(-c2ccccc2)o1)Nc1ncccc1O. The van der Waals surface area contributed by atoms with Crippen LogP contribution in [0.25, 0.3) is 22.6 Å². The number of hydrogen-bond acceptors (Lipinski definition) is 5. The zero-order chi connectivity index (χ0) is 20.1. The molecule has 0 spiro atoms. The highest BCUT2D eigenvalue weighted by Crippen LogP contribution is 2.32. The van der Waals surface area contributed by atoms with Crippen LogP contribution in [0.1, 0.15) is 12.3 Å². The minimum atomic E-state index is -0.278. The van der Waals surface area contributed by atoms with Gasteiger partial charge in [0, 0.05) is 30.2 Å². The van der Waals surface area contributed by atoms with E-state index in [9.17, 15) is 9.90 Å². The van der Waals surface area contributed by atoms with E-state index >= 15 is 0 Å². The van der Waals surface area contributed by atoms with E-state index in [4.69, 9.17) is 4.42 Å². The summed E-state index contributed by atoms with van der Waals surface area (Å²) in [6.07, 6.45) is 1.98. The third kappa shape index (κ3) is 4.32. The van der Waals surface area contributed by atoms with Gasteiger partial charge >= 0.3 is 0 Å². The van der Waals surface area contributed by atoms with E-state index in [0.717, 1.165) is 16.8 Å². The first-order chi connectivity index (χ1) is 14.2. The molecule has 4 aromatic rings. The summed E-state index contributed by atoms with van der Waals surface area (Å²) in [4.78, 5) is 20.8. The number of carbonyl (C=O) groups is 1. The summed E-state index contributed by atoms with van der Waals surface area (Å²) in [5.41, 5.74) is 2.62. The van der Waals surface area contributed by atoms with Gasteiger partial charge in [0.05, 0.1) is 0 Å². The molecule has 6 heteroatoms. The normalized spacial score (nSPS) is 10.6. The zero-order valence-corrected chi connectivity index (χ0v) is 15.6. The van der Waals surface area contributed by atoms with Crippen molar-refractivity contribution in [2.24, 2.45) is 0 Å². The molecule has 2 N–H and O–H groups in total. The number of oxazole rings is 1. The van der Waals surface area contributed by atoms with Crippen LogP contribution in [0.15, 0.2) is 83.4 Å². The Morgan fingerprint density at radius 2 is 1.62 bits per heavy atom. The Bertz CT molecular complexity index is 1050. The monoisotopic (exact) mass is 385 g/mol. The van der Waals surface area contributed by atoms with Crippen molar-refractivity contribution in [3.8, 4) is 28.3 Å². The van der Waals surface area contributed by atoms with E-state index in [2.05, 4.69) is 15.3 Å². The van der Waals surface area contributed by atoms with Crippen molar-refractivity contribution in [3.05, 3.63) is 84.9 Å². The summed E-state index contributed by atoms with van der Waals surface area (Å²) in [5, 5.41) is 12.3. The molecule has 1 amide bonds. The second-order valence-electron chi connectivity index (χ2n) is 6.44. The molecule has 0 aliphatic heterocycles. The number of nitrogens with zero attached hydrogens (tertiary/aromatic N) is 2. The van der Waals surface area contributed by atoms with Gasteiger partial charge in [0.15, 0.2) is 23.2 Å². The van der Waals surface area contributed by atoms with Gasteiger partial charge in [-0.1, -0.05) is 60.7 Å². The second-order valence-corrected chi connectivity index (χ2v) is 6.44. The summed E-state index contributed by atoms with van der Waals surface area (Å²) < 4.78 is 6.02. The highest BCUT2D eigenvalue weighted by atomic mass is 16.4. The molecular weight excluding hydrogens is 366 g/mol. The van der Waals surface area contributed by atoms with Crippen molar-refractivity contribution in [2.45, 2.75) is 12.8 Å². The maximum Gasteiger partial charge on any atom is 0.226 e. The maximum absolute atomic E-state index is 12.2. The minimum Gasteiger partial charge on any atom is -0.504 e. The smallest absolute Gasteiger partial charge is 0.226 e. The number of aromatic nitrogens is 2. The van der Waals surface area contributed by atoms with Crippen molar-refractivity contribution >= 4 is 11.7 Å². The van der Waals surface area contributed by atoms with Crippen LogP contribution in [0.4, 0.5) is 5.82 Å². The maximum atomic E-state index is 12.2. The van der Waals surface area contributed by atoms with E-state index in [-0.39, 0.29) is 23.9 Å². The molecule has 144 valence electrons. The predicted octanol–water partition coefficient (Wildman–Crippen LogP) is 4.68. The highest BCUT2D eigenvalue weighted by Gasteiger charge is 2.17. The molecule has 29 heavy (non-hydrogen) atoms. The topological polar surface area (TPSA) is 88.3 Å². The lowest BCUT2D eigenvalue weighted by molar-refractivity contribution is -0.116. The Morgan fingerprint density at radius 1 is 0.931 bits per heavy atom. The lowest BCUT2D eigenvalue weighted by Crippen LogP contribution is -2.13. The van der Waals surface area contributed by atoms with Gasteiger partial charge in [-0.2, -0.15) is 0 Å². The fraction of sp³-hybridized carbons (Fsp3) is 0.0870. The first-order valence-electron chi connectivity index (χ1n) is 9.25. The first-order valence-corrected chi connectivity index (χ1v) is 9.25. The molecule has 2 heterocycles. The van der Waals surface area contributed by atoms with Gasteiger partial charge in [-0.05, 0) is 12.1 Å². The van der Waals surface area contributed by atoms with Crippen LogP contribution in [0.5, 0.6) is 5.75 Å². The van der Waals surface area contributed by atoms with E-state index in [0.29, 0.717) is 18.1 Å². The van der Waals surface area contributed by atoms with Crippen LogP contribution in [-0.2, 0) is 11.2 Å². The van der Waals surface area contributed by atoms with E-state index < -0.39 is 0 Å². The van der Waals surface area contributed by atoms with Gasteiger partial charge in [-0.25, -0.2) is 9.97 Å². The van der Waals surface area contributed by atoms with Crippen LogP contribution in [0, 0.1) is 0 Å². The number of anilines is 1. The molecule has 0 aliphatic rings. The fourth-order valence-electron chi connectivity index (χ4n) is 2.96. The first kappa shape index (κ1) is 18.4. The van der Waals surface area contributed by atoms with E-state index in [1.165, 1.54) is 12.3 Å². The van der Waals surface area contributed by atoms with Crippen molar-refractivity contribution in [2.75, 3.05) is 5.32 Å². The summed E-state index contributed by atoms with van der Waals surface area (Å²) in [6.45, 7) is 0. The van der Waals surface area contributed by atoms with Gasteiger partial charge in [0.2, 0.25) is 5.91 Å². The Kier molecular flexibility index (Phi) is 5.33. The number of aryl methyl sites for hydroxylation is 1. The molecule has 0 fully saturated rings. The Balaban J connectivity index is 1.54. The summed E-state index contributed by atoms with van der Waals surface area (Å²) in [5.74, 6) is 0.937. The summed E-state index contributed by atoms with van der Waals surface area (Å²) >= 11 is 0. The molecule has 6 nitrogen and oxygen atoms in total. The van der Waals surface area contributed by atoms with Gasteiger partial charge < -0.3 is 14.8 Å². The van der Waals surface area contributed by atoms with Crippen LogP contribution in [0.3, 0.4) is 0 Å². The molecule has 0 radical (unpaired) electrons. The molecular formula is C23H19N3O3. The molecule has 0 aliphatic carbocycles. The number of aromatic hydroxyl groups is 1. The average molecular weight is 385 g/mol. The molecule has 0 saturated heterocycles. The fourth-order valence-corrected chi connectivity index (χ4v) is 2.96. The van der Waals surface area contributed by atoms with Crippen molar-refractivity contribution in [1.29, 1.82) is 0 Å². The summed E-state index contributed by atoms with van der Waals surface area (Å²) in [6, 6.07) is 22.6. The van der Waals surface area contributed by atoms with Crippen molar-refractivity contribution in [1.82, 2.24) is 9.97 Å². The molecule has 0 saturated carbocycles. The van der Waals surface area contributed by atoms with Crippen molar-refractivity contribution in [3.63, 3.8) is 0 Å². The molecule has 0 atom stereocenters. The zero-order valence-electron chi connectivity index (χ0n) is 15.6.